The summed E-state index contributed by atoms with van der Waals surface area (Å²) < 4.78 is 0. The molecule has 0 aromatic heterocycles. The van der Waals surface area contributed by atoms with Crippen LogP contribution in [0, 0.1) is 0 Å². The molecule has 1 aliphatic carbocycles. The van der Waals surface area contributed by atoms with Crippen molar-refractivity contribution >= 4 is 0 Å². The summed E-state index contributed by atoms with van der Waals surface area (Å²) in [6, 6.07) is 0. The highest BCUT2D eigenvalue weighted by molar-refractivity contribution is 5.49. The molecule has 0 aliphatic heterocycles. The summed E-state index contributed by atoms with van der Waals surface area (Å²) >= 11 is 0. The third-order valence-electron chi connectivity index (χ3n) is 2.54. The van der Waals surface area contributed by atoms with Gasteiger partial charge in [0, 0.05) is 0 Å². The van der Waals surface area contributed by atoms with Gasteiger partial charge in [0.25, 0.3) is 0 Å². The van der Waals surface area contributed by atoms with Crippen molar-refractivity contribution in [2.45, 2.75) is 33.6 Å². The number of rotatable bonds is 4. The van der Waals surface area contributed by atoms with E-state index < -0.39 is 0 Å². The molecule has 0 radical (unpaired) electrons. The minimum Gasteiger partial charge on any atom is -0.121 e. The van der Waals surface area contributed by atoms with Crippen LogP contribution < -0.4 is 0 Å². The van der Waals surface area contributed by atoms with Crippen LogP contribution in [0.25, 0.3) is 0 Å². The molecule has 0 bridgehead atoms. The van der Waals surface area contributed by atoms with E-state index in [1.54, 1.807) is 0 Å². The van der Waals surface area contributed by atoms with E-state index in [0.717, 1.165) is 6.42 Å². The van der Waals surface area contributed by atoms with Crippen LogP contribution in [-0.2, 0) is 0 Å². The van der Waals surface area contributed by atoms with Gasteiger partial charge in [0.05, 0.1) is 0 Å². The molecule has 0 saturated heterocycles. The van der Waals surface area contributed by atoms with Gasteiger partial charge in [-0.2, -0.15) is 0 Å². The fourth-order valence-electron chi connectivity index (χ4n) is 1.73. The van der Waals surface area contributed by atoms with Crippen molar-refractivity contribution in [1.29, 1.82) is 0 Å². The maximum atomic E-state index is 3.14. The van der Waals surface area contributed by atoms with E-state index in [9.17, 15) is 0 Å². The largest absolute Gasteiger partial charge is 0.121 e. The molecule has 0 saturated carbocycles. The van der Waals surface area contributed by atoms with Crippen LogP contribution in [0.3, 0.4) is 0 Å². The van der Waals surface area contributed by atoms with Crippen molar-refractivity contribution in [2.24, 2.45) is 0 Å². The van der Waals surface area contributed by atoms with Crippen LogP contribution in [0.15, 0.2) is 65.0 Å². The van der Waals surface area contributed by atoms with Crippen molar-refractivity contribution in [2.75, 3.05) is 0 Å². The SMILES string of the molecule is C/C=C\C=C(/CCC)C1=C(C)C=C=CC=C1. The Hall–Kier alpha value is -1.52. The molecule has 0 fully saturated rings. The van der Waals surface area contributed by atoms with Crippen LogP contribution in [0.5, 0.6) is 0 Å². The Morgan fingerprint density at radius 2 is 2.25 bits per heavy atom. The summed E-state index contributed by atoms with van der Waals surface area (Å²) in [7, 11) is 0. The molecule has 0 heteroatoms. The Labute approximate surface area is 99.1 Å². The maximum absolute atomic E-state index is 3.14. The molecule has 0 nitrogen and oxygen atoms in total. The predicted molar refractivity (Wildman–Crippen MR) is 72.3 cm³/mol. The van der Waals surface area contributed by atoms with Crippen molar-refractivity contribution in [3.05, 3.63) is 65.0 Å². The molecule has 0 unspecified atom stereocenters. The molecule has 0 amide bonds. The van der Waals surface area contributed by atoms with Gasteiger partial charge in [-0.15, -0.1) is 5.73 Å². The minimum atomic E-state index is 1.12. The summed E-state index contributed by atoms with van der Waals surface area (Å²) in [5.41, 5.74) is 7.17. The zero-order valence-electron chi connectivity index (χ0n) is 10.5. The van der Waals surface area contributed by atoms with E-state index >= 15 is 0 Å². The molecule has 16 heavy (non-hydrogen) atoms. The Bertz CT molecular complexity index is 405. The number of hydrogen-bond acceptors (Lipinski definition) is 0. The van der Waals surface area contributed by atoms with Gasteiger partial charge in [-0.25, -0.2) is 0 Å². The third-order valence-corrected chi connectivity index (χ3v) is 2.54. The average Bonchev–Trinajstić information content (AvgIpc) is 2.49. The second kappa shape index (κ2) is 6.87. The molecule has 0 heterocycles. The Morgan fingerprint density at radius 3 is 2.94 bits per heavy atom. The lowest BCUT2D eigenvalue weighted by atomic mass is 9.96. The second-order valence-electron chi connectivity index (χ2n) is 3.90. The summed E-state index contributed by atoms with van der Waals surface area (Å²) in [5.74, 6) is 0. The van der Waals surface area contributed by atoms with Gasteiger partial charge in [-0.3, -0.25) is 0 Å². The number of allylic oxidation sites excluding steroid dienone is 9. The highest BCUT2D eigenvalue weighted by Crippen LogP contribution is 2.23. The van der Waals surface area contributed by atoms with E-state index in [0.29, 0.717) is 0 Å². The van der Waals surface area contributed by atoms with E-state index in [1.807, 2.05) is 13.0 Å². The average molecular weight is 212 g/mol. The van der Waals surface area contributed by atoms with Crippen molar-refractivity contribution in [1.82, 2.24) is 0 Å². The summed E-state index contributed by atoms with van der Waals surface area (Å²) in [4.78, 5) is 0. The predicted octanol–water partition coefficient (Wildman–Crippen LogP) is 4.89. The van der Waals surface area contributed by atoms with Gasteiger partial charge >= 0.3 is 0 Å². The smallest absolute Gasteiger partial charge is 0.0164 e. The van der Waals surface area contributed by atoms with Crippen LogP contribution in [0.1, 0.15) is 33.6 Å². The van der Waals surface area contributed by atoms with Crippen molar-refractivity contribution < 1.29 is 0 Å². The molecule has 0 atom stereocenters. The lowest BCUT2D eigenvalue weighted by Crippen LogP contribution is -1.90. The van der Waals surface area contributed by atoms with Gasteiger partial charge in [-0.05, 0) is 49.1 Å². The van der Waals surface area contributed by atoms with Gasteiger partial charge in [0.1, 0.15) is 0 Å². The Morgan fingerprint density at radius 1 is 1.44 bits per heavy atom. The molecule has 0 spiro atoms. The van der Waals surface area contributed by atoms with Gasteiger partial charge < -0.3 is 0 Å². The van der Waals surface area contributed by atoms with Crippen LogP contribution in [-0.4, -0.2) is 0 Å². The first-order chi connectivity index (χ1) is 7.79. The van der Waals surface area contributed by atoms with E-state index in [1.165, 1.54) is 23.1 Å². The zero-order valence-corrected chi connectivity index (χ0v) is 10.5. The first-order valence-electron chi connectivity index (χ1n) is 5.91. The maximum Gasteiger partial charge on any atom is -0.0164 e. The zero-order chi connectivity index (χ0) is 11.8. The lowest BCUT2D eigenvalue weighted by molar-refractivity contribution is 0.915. The first kappa shape index (κ1) is 12.5. The summed E-state index contributed by atoms with van der Waals surface area (Å²) in [5, 5.41) is 0. The molecule has 84 valence electrons. The Balaban J connectivity index is 3.08. The number of hydrogen-bond donors (Lipinski definition) is 0. The Kier molecular flexibility index (Phi) is 5.39. The van der Waals surface area contributed by atoms with Crippen LogP contribution in [0.2, 0.25) is 0 Å². The molecule has 1 rings (SSSR count). The first-order valence-corrected chi connectivity index (χ1v) is 5.91. The van der Waals surface area contributed by atoms with Crippen LogP contribution in [0.4, 0.5) is 0 Å². The molecule has 0 aromatic rings. The molecular formula is C16H20. The fraction of sp³-hybridized carbons (Fsp3) is 0.312. The van der Waals surface area contributed by atoms with E-state index in [2.05, 4.69) is 56.0 Å². The summed E-state index contributed by atoms with van der Waals surface area (Å²) in [6.45, 7) is 6.41. The fourth-order valence-corrected chi connectivity index (χ4v) is 1.73. The standard InChI is InChI=1S/C16H20/c1-4-6-12-15(10-5-2)16-13-9-7-8-11-14(16)3/h4,6-7,9,11-13H,5,10H2,1-3H3/b6-4-,15-12+. The van der Waals surface area contributed by atoms with Gasteiger partial charge in [0.2, 0.25) is 0 Å². The topological polar surface area (TPSA) is 0 Å². The quantitative estimate of drug-likeness (QED) is 0.460. The molecule has 1 aliphatic rings. The van der Waals surface area contributed by atoms with Gasteiger partial charge in [-0.1, -0.05) is 43.7 Å². The highest BCUT2D eigenvalue weighted by Gasteiger charge is 2.04. The third kappa shape index (κ3) is 3.56. The monoisotopic (exact) mass is 212 g/mol. The normalized spacial score (nSPS) is 16.3. The second-order valence-corrected chi connectivity index (χ2v) is 3.90. The van der Waals surface area contributed by atoms with E-state index in [-0.39, 0.29) is 0 Å². The van der Waals surface area contributed by atoms with Crippen molar-refractivity contribution in [3.63, 3.8) is 0 Å². The molecule has 0 N–H and O–H groups in total. The van der Waals surface area contributed by atoms with Gasteiger partial charge in [0.15, 0.2) is 0 Å². The van der Waals surface area contributed by atoms with Crippen molar-refractivity contribution in [3.8, 4) is 0 Å². The molecular weight excluding hydrogens is 192 g/mol. The highest BCUT2D eigenvalue weighted by atomic mass is 14.1. The van der Waals surface area contributed by atoms with Crippen LogP contribution >= 0.6 is 0 Å². The lowest BCUT2D eigenvalue weighted by Gasteiger charge is -2.09. The minimum absolute atomic E-state index is 1.12. The molecule has 0 aromatic carbocycles. The van der Waals surface area contributed by atoms with E-state index in [4.69, 9.17) is 0 Å². The summed E-state index contributed by atoms with van der Waals surface area (Å²) in [6.07, 6.45) is 16.9.